The molecule has 0 bridgehead atoms. The summed E-state index contributed by atoms with van der Waals surface area (Å²) in [4.78, 5) is 0. The van der Waals surface area contributed by atoms with Crippen LogP contribution in [-0.2, 0) is 0 Å². The van der Waals surface area contributed by atoms with Crippen molar-refractivity contribution in [1.82, 2.24) is 0 Å². The highest BCUT2D eigenvalue weighted by Gasteiger charge is 2.18. The first kappa shape index (κ1) is 10.2. The molecule has 0 heterocycles. The van der Waals surface area contributed by atoms with Gasteiger partial charge < -0.3 is 5.73 Å². The SMILES string of the molecule is Nc1ccc2c(c1)C=CC[C@H]2c1ccccc1. The Balaban J connectivity index is 2.09. The Morgan fingerprint density at radius 3 is 2.65 bits per heavy atom. The van der Waals surface area contributed by atoms with E-state index in [1.807, 2.05) is 6.07 Å². The van der Waals surface area contributed by atoms with Crippen molar-refractivity contribution in [3.05, 3.63) is 71.3 Å². The maximum atomic E-state index is 5.83. The molecule has 1 aliphatic carbocycles. The second-order valence-electron chi connectivity index (χ2n) is 4.49. The third-order valence-corrected chi connectivity index (χ3v) is 3.36. The lowest BCUT2D eigenvalue weighted by Gasteiger charge is -2.22. The number of anilines is 1. The van der Waals surface area contributed by atoms with Crippen LogP contribution in [0.15, 0.2) is 54.6 Å². The van der Waals surface area contributed by atoms with Crippen LogP contribution in [0.25, 0.3) is 6.08 Å². The highest BCUT2D eigenvalue weighted by molar-refractivity contribution is 5.64. The van der Waals surface area contributed by atoms with Crippen molar-refractivity contribution in [2.45, 2.75) is 12.3 Å². The Morgan fingerprint density at radius 1 is 1.00 bits per heavy atom. The summed E-state index contributed by atoms with van der Waals surface area (Å²) in [6, 6.07) is 16.9. The van der Waals surface area contributed by atoms with Crippen LogP contribution in [0.1, 0.15) is 29.0 Å². The van der Waals surface area contributed by atoms with Gasteiger partial charge in [-0.25, -0.2) is 0 Å². The summed E-state index contributed by atoms with van der Waals surface area (Å²) in [5.41, 5.74) is 10.7. The standard InChI is InChI=1S/C16H15N/c17-14-9-10-16-13(11-14)7-4-8-15(16)12-5-2-1-3-6-12/h1-7,9-11,15H,8,17H2/t15-/m0/s1. The number of hydrogen-bond donors (Lipinski definition) is 1. The van der Waals surface area contributed by atoms with Crippen molar-refractivity contribution in [2.75, 3.05) is 5.73 Å². The van der Waals surface area contributed by atoms with Gasteiger partial charge in [-0.05, 0) is 35.2 Å². The fourth-order valence-electron chi connectivity index (χ4n) is 2.51. The molecule has 0 saturated carbocycles. The van der Waals surface area contributed by atoms with Gasteiger partial charge in [0.2, 0.25) is 0 Å². The van der Waals surface area contributed by atoms with Crippen molar-refractivity contribution in [2.24, 2.45) is 0 Å². The van der Waals surface area contributed by atoms with Gasteiger partial charge in [0, 0.05) is 11.6 Å². The summed E-state index contributed by atoms with van der Waals surface area (Å²) < 4.78 is 0. The molecule has 0 saturated heterocycles. The molecule has 0 radical (unpaired) electrons. The smallest absolute Gasteiger partial charge is 0.0320 e. The zero-order chi connectivity index (χ0) is 11.7. The molecule has 3 rings (SSSR count). The Morgan fingerprint density at radius 2 is 1.82 bits per heavy atom. The van der Waals surface area contributed by atoms with Crippen molar-refractivity contribution in [3.8, 4) is 0 Å². The van der Waals surface area contributed by atoms with Crippen molar-refractivity contribution < 1.29 is 0 Å². The number of hydrogen-bond acceptors (Lipinski definition) is 1. The largest absolute Gasteiger partial charge is 0.399 e. The molecule has 1 nitrogen and oxygen atoms in total. The van der Waals surface area contributed by atoms with Gasteiger partial charge in [0.15, 0.2) is 0 Å². The van der Waals surface area contributed by atoms with Crippen LogP contribution in [0.2, 0.25) is 0 Å². The number of fused-ring (bicyclic) bond motifs is 1. The molecule has 1 heteroatoms. The first-order chi connectivity index (χ1) is 8.34. The van der Waals surface area contributed by atoms with Crippen molar-refractivity contribution >= 4 is 11.8 Å². The molecule has 1 aliphatic rings. The maximum Gasteiger partial charge on any atom is 0.0320 e. The van der Waals surface area contributed by atoms with E-state index >= 15 is 0 Å². The van der Waals surface area contributed by atoms with Crippen LogP contribution in [0.3, 0.4) is 0 Å². The monoisotopic (exact) mass is 221 g/mol. The Labute approximate surface area is 102 Å². The first-order valence-corrected chi connectivity index (χ1v) is 5.95. The third-order valence-electron chi connectivity index (χ3n) is 3.36. The molecule has 2 aromatic rings. The minimum absolute atomic E-state index is 0.469. The van der Waals surface area contributed by atoms with Gasteiger partial charge in [-0.3, -0.25) is 0 Å². The van der Waals surface area contributed by atoms with Gasteiger partial charge in [-0.15, -0.1) is 0 Å². The molecule has 1 atom stereocenters. The normalized spacial score (nSPS) is 17.8. The van der Waals surface area contributed by atoms with Crippen LogP contribution < -0.4 is 5.73 Å². The van der Waals surface area contributed by atoms with E-state index in [-0.39, 0.29) is 0 Å². The Hall–Kier alpha value is -2.02. The summed E-state index contributed by atoms with van der Waals surface area (Å²) in [7, 11) is 0. The van der Waals surface area contributed by atoms with Crippen molar-refractivity contribution in [1.29, 1.82) is 0 Å². The zero-order valence-corrected chi connectivity index (χ0v) is 9.64. The quantitative estimate of drug-likeness (QED) is 0.728. The molecule has 84 valence electrons. The van der Waals surface area contributed by atoms with Crippen LogP contribution in [0.4, 0.5) is 5.69 Å². The zero-order valence-electron chi connectivity index (χ0n) is 9.64. The Kier molecular flexibility index (Phi) is 2.45. The topological polar surface area (TPSA) is 26.0 Å². The van der Waals surface area contributed by atoms with Gasteiger partial charge >= 0.3 is 0 Å². The molecule has 17 heavy (non-hydrogen) atoms. The van der Waals surface area contributed by atoms with Gasteiger partial charge in [0.05, 0.1) is 0 Å². The van der Waals surface area contributed by atoms with E-state index in [4.69, 9.17) is 5.73 Å². The number of nitrogen functional groups attached to an aromatic ring is 1. The number of allylic oxidation sites excluding steroid dienone is 1. The minimum Gasteiger partial charge on any atom is -0.399 e. The van der Waals surface area contributed by atoms with E-state index in [2.05, 4.69) is 54.6 Å². The number of benzene rings is 2. The first-order valence-electron chi connectivity index (χ1n) is 5.95. The van der Waals surface area contributed by atoms with E-state index in [1.165, 1.54) is 16.7 Å². The predicted octanol–water partition coefficient (Wildman–Crippen LogP) is 3.82. The fourth-order valence-corrected chi connectivity index (χ4v) is 2.51. The predicted molar refractivity (Wildman–Crippen MR) is 72.8 cm³/mol. The second kappa shape index (κ2) is 4.10. The molecule has 0 fully saturated rings. The summed E-state index contributed by atoms with van der Waals surface area (Å²) >= 11 is 0. The molecule has 0 spiro atoms. The highest BCUT2D eigenvalue weighted by Crippen LogP contribution is 2.35. The third kappa shape index (κ3) is 1.84. The van der Waals surface area contributed by atoms with Crippen LogP contribution >= 0.6 is 0 Å². The summed E-state index contributed by atoms with van der Waals surface area (Å²) in [6.07, 6.45) is 5.48. The number of nitrogens with two attached hydrogens (primary N) is 1. The lowest BCUT2D eigenvalue weighted by molar-refractivity contribution is 0.820. The summed E-state index contributed by atoms with van der Waals surface area (Å²) in [6.45, 7) is 0. The van der Waals surface area contributed by atoms with Gasteiger partial charge in [-0.2, -0.15) is 0 Å². The maximum absolute atomic E-state index is 5.83. The minimum atomic E-state index is 0.469. The van der Waals surface area contributed by atoms with Gasteiger partial charge in [0.25, 0.3) is 0 Å². The van der Waals surface area contributed by atoms with E-state index in [0.717, 1.165) is 12.1 Å². The Bertz CT molecular complexity index is 555. The van der Waals surface area contributed by atoms with Crippen LogP contribution in [-0.4, -0.2) is 0 Å². The van der Waals surface area contributed by atoms with E-state index < -0.39 is 0 Å². The lowest BCUT2D eigenvalue weighted by Crippen LogP contribution is -2.06. The molecular weight excluding hydrogens is 206 g/mol. The summed E-state index contributed by atoms with van der Waals surface area (Å²) in [5.74, 6) is 0.469. The molecule has 2 N–H and O–H groups in total. The average Bonchev–Trinajstić information content (AvgIpc) is 2.39. The molecule has 2 aromatic carbocycles. The van der Waals surface area contributed by atoms with E-state index in [9.17, 15) is 0 Å². The van der Waals surface area contributed by atoms with Gasteiger partial charge in [-0.1, -0.05) is 48.6 Å². The molecule has 0 aliphatic heterocycles. The van der Waals surface area contributed by atoms with Crippen LogP contribution in [0, 0.1) is 0 Å². The van der Waals surface area contributed by atoms with Crippen LogP contribution in [0.5, 0.6) is 0 Å². The van der Waals surface area contributed by atoms with E-state index in [0.29, 0.717) is 5.92 Å². The highest BCUT2D eigenvalue weighted by atomic mass is 14.5. The van der Waals surface area contributed by atoms with E-state index in [1.54, 1.807) is 0 Å². The average molecular weight is 221 g/mol. The van der Waals surface area contributed by atoms with Gasteiger partial charge in [0.1, 0.15) is 0 Å². The van der Waals surface area contributed by atoms with Crippen molar-refractivity contribution in [3.63, 3.8) is 0 Å². The molecule has 0 amide bonds. The summed E-state index contributed by atoms with van der Waals surface area (Å²) in [5, 5.41) is 0. The second-order valence-corrected chi connectivity index (χ2v) is 4.49. The molecule has 0 unspecified atom stereocenters. The molecular formula is C16H15N. The lowest BCUT2D eigenvalue weighted by atomic mass is 9.82. The number of rotatable bonds is 1. The fraction of sp³-hybridized carbons (Fsp3) is 0.125. The molecule has 0 aromatic heterocycles.